The van der Waals surface area contributed by atoms with Crippen LogP contribution in [0.5, 0.6) is 5.75 Å². The van der Waals surface area contributed by atoms with Gasteiger partial charge in [0.2, 0.25) is 5.91 Å². The Balaban J connectivity index is 2.11. The fourth-order valence-electron chi connectivity index (χ4n) is 2.47. The highest BCUT2D eigenvalue weighted by molar-refractivity contribution is 8.00. The van der Waals surface area contributed by atoms with E-state index in [2.05, 4.69) is 36.3 Å². The molecule has 3 N–H and O–H groups in total. The highest BCUT2D eigenvalue weighted by Crippen LogP contribution is 2.24. The van der Waals surface area contributed by atoms with E-state index in [4.69, 9.17) is 10.5 Å². The number of hydrogen-bond acceptors (Lipinski definition) is 6. The van der Waals surface area contributed by atoms with Gasteiger partial charge >= 0.3 is 6.03 Å². The molecule has 0 aliphatic rings. The van der Waals surface area contributed by atoms with Gasteiger partial charge in [-0.2, -0.15) is 0 Å². The van der Waals surface area contributed by atoms with Crippen LogP contribution in [0.1, 0.15) is 39.1 Å². The van der Waals surface area contributed by atoms with Crippen LogP contribution in [0, 0.1) is 5.92 Å². The monoisotopic (exact) mass is 405 g/mol. The minimum atomic E-state index is -0.871. The van der Waals surface area contributed by atoms with Crippen LogP contribution in [0.15, 0.2) is 29.4 Å². The normalized spacial score (nSPS) is 12.0. The van der Waals surface area contributed by atoms with Crippen LogP contribution >= 0.6 is 11.8 Å². The zero-order valence-corrected chi connectivity index (χ0v) is 17.5. The van der Waals surface area contributed by atoms with Gasteiger partial charge in [0, 0.05) is 6.54 Å². The Morgan fingerprint density at radius 1 is 1.21 bits per heavy atom. The van der Waals surface area contributed by atoms with E-state index in [-0.39, 0.29) is 6.61 Å². The summed E-state index contributed by atoms with van der Waals surface area (Å²) >= 11 is 1.22. The van der Waals surface area contributed by atoms with Gasteiger partial charge in [-0.05, 0) is 37.0 Å². The number of nitrogens with one attached hydrogen (secondary N) is 1. The Bertz CT molecular complexity index is 804. The third kappa shape index (κ3) is 6.26. The molecule has 1 aromatic heterocycles. The summed E-state index contributed by atoms with van der Waals surface area (Å²) in [6.45, 7) is 8.93. The maximum atomic E-state index is 11.9. The van der Waals surface area contributed by atoms with E-state index in [9.17, 15) is 9.59 Å². The predicted octanol–water partition coefficient (Wildman–Crippen LogP) is 2.75. The Morgan fingerprint density at radius 3 is 2.46 bits per heavy atom. The molecule has 1 unspecified atom stereocenters. The molecule has 152 valence electrons. The quantitative estimate of drug-likeness (QED) is 0.621. The molecule has 0 aliphatic carbocycles. The first-order chi connectivity index (χ1) is 13.3. The fourth-order valence-corrected chi connectivity index (χ4v) is 3.34. The lowest BCUT2D eigenvalue weighted by Crippen LogP contribution is -2.39. The van der Waals surface area contributed by atoms with Crippen molar-refractivity contribution in [2.45, 2.75) is 57.7 Å². The number of thioether (sulfide) groups is 1. The van der Waals surface area contributed by atoms with Crippen molar-refractivity contribution in [1.29, 1.82) is 0 Å². The third-order valence-electron chi connectivity index (χ3n) is 3.94. The number of benzene rings is 1. The number of carbonyl (C=O) groups is 2. The average Bonchev–Trinajstić information content (AvgIpc) is 3.00. The number of imide groups is 1. The van der Waals surface area contributed by atoms with Gasteiger partial charge in [-0.15, -0.1) is 10.2 Å². The van der Waals surface area contributed by atoms with E-state index in [1.807, 2.05) is 28.8 Å². The highest BCUT2D eigenvalue weighted by Gasteiger charge is 2.21. The number of aromatic nitrogens is 3. The van der Waals surface area contributed by atoms with Crippen LogP contribution in [0.2, 0.25) is 0 Å². The molecule has 0 aliphatic heterocycles. The van der Waals surface area contributed by atoms with Crippen molar-refractivity contribution in [3.63, 3.8) is 0 Å². The zero-order chi connectivity index (χ0) is 20.7. The summed E-state index contributed by atoms with van der Waals surface area (Å²) in [5.74, 6) is 1.33. The number of nitrogens with two attached hydrogens (primary N) is 1. The van der Waals surface area contributed by atoms with Crippen molar-refractivity contribution in [2.24, 2.45) is 11.7 Å². The molecule has 8 nitrogen and oxygen atoms in total. The lowest BCUT2D eigenvalue weighted by molar-refractivity contribution is -0.119. The second-order valence-electron chi connectivity index (χ2n) is 6.80. The number of urea groups is 1. The number of aryl methyl sites for hydroxylation is 1. The molecule has 0 bridgehead atoms. The van der Waals surface area contributed by atoms with Crippen LogP contribution in [0.25, 0.3) is 0 Å². The number of amides is 3. The zero-order valence-electron chi connectivity index (χ0n) is 16.6. The summed E-state index contributed by atoms with van der Waals surface area (Å²) in [7, 11) is 0. The summed E-state index contributed by atoms with van der Waals surface area (Å²) < 4.78 is 7.81. The van der Waals surface area contributed by atoms with Crippen LogP contribution in [0.4, 0.5) is 4.79 Å². The van der Waals surface area contributed by atoms with Crippen LogP contribution in [0.3, 0.4) is 0 Å². The Labute approximate surface area is 169 Å². The second-order valence-corrected chi connectivity index (χ2v) is 8.11. The van der Waals surface area contributed by atoms with Gasteiger partial charge in [0.1, 0.15) is 12.4 Å². The fraction of sp³-hybridized carbons (Fsp3) is 0.474. The van der Waals surface area contributed by atoms with Crippen LogP contribution in [-0.4, -0.2) is 32.0 Å². The maximum Gasteiger partial charge on any atom is 0.318 e. The van der Waals surface area contributed by atoms with E-state index in [1.165, 1.54) is 17.3 Å². The smallest absolute Gasteiger partial charge is 0.318 e. The van der Waals surface area contributed by atoms with Gasteiger partial charge in [-0.3, -0.25) is 10.1 Å². The van der Waals surface area contributed by atoms with Gasteiger partial charge in [-0.1, -0.05) is 44.7 Å². The average molecular weight is 406 g/mol. The van der Waals surface area contributed by atoms with E-state index < -0.39 is 17.2 Å². The number of primary amides is 1. The van der Waals surface area contributed by atoms with Crippen molar-refractivity contribution in [3.05, 3.63) is 35.7 Å². The van der Waals surface area contributed by atoms with Gasteiger partial charge in [0.15, 0.2) is 11.0 Å². The molecule has 0 saturated heterocycles. The Morgan fingerprint density at radius 2 is 1.89 bits per heavy atom. The lowest BCUT2D eigenvalue weighted by atomic mass is 10.2. The second kappa shape index (κ2) is 10.1. The summed E-state index contributed by atoms with van der Waals surface area (Å²) in [4.78, 5) is 22.8. The van der Waals surface area contributed by atoms with Crippen molar-refractivity contribution in [2.75, 3.05) is 0 Å². The van der Waals surface area contributed by atoms with E-state index >= 15 is 0 Å². The molecule has 0 spiro atoms. The van der Waals surface area contributed by atoms with Crippen molar-refractivity contribution in [3.8, 4) is 5.75 Å². The minimum Gasteiger partial charge on any atom is -0.486 e. The molecule has 28 heavy (non-hydrogen) atoms. The molecule has 0 fully saturated rings. The summed E-state index contributed by atoms with van der Waals surface area (Å²) in [5, 5.41) is 10.6. The summed E-state index contributed by atoms with van der Waals surface area (Å²) in [6.07, 6.45) is 0.977. The number of ether oxygens (including phenoxy) is 1. The Kier molecular flexibility index (Phi) is 7.86. The van der Waals surface area contributed by atoms with Crippen LogP contribution in [-0.2, 0) is 24.4 Å². The molecule has 0 saturated carbocycles. The molecular weight excluding hydrogens is 378 g/mol. The lowest BCUT2D eigenvalue weighted by Gasteiger charge is -2.15. The van der Waals surface area contributed by atoms with Crippen molar-refractivity contribution >= 4 is 23.7 Å². The minimum absolute atomic E-state index is 0.271. The number of carbonyl (C=O) groups excluding carboxylic acids is 2. The predicted molar refractivity (Wildman–Crippen MR) is 108 cm³/mol. The van der Waals surface area contributed by atoms with Gasteiger partial charge < -0.3 is 15.0 Å². The first-order valence-corrected chi connectivity index (χ1v) is 10.1. The molecular formula is C19H27N5O3S. The number of rotatable bonds is 9. The van der Waals surface area contributed by atoms with E-state index in [0.717, 1.165) is 12.2 Å². The van der Waals surface area contributed by atoms with Gasteiger partial charge in [-0.25, -0.2) is 4.79 Å². The van der Waals surface area contributed by atoms with Crippen LogP contribution < -0.4 is 15.8 Å². The molecule has 2 aromatic rings. The molecule has 1 heterocycles. The van der Waals surface area contributed by atoms with E-state index in [1.54, 1.807) is 6.92 Å². The van der Waals surface area contributed by atoms with E-state index in [0.29, 0.717) is 23.4 Å². The highest BCUT2D eigenvalue weighted by atomic mass is 32.2. The first-order valence-electron chi connectivity index (χ1n) is 9.20. The van der Waals surface area contributed by atoms with Crippen molar-refractivity contribution < 1.29 is 14.3 Å². The summed E-state index contributed by atoms with van der Waals surface area (Å²) in [5.41, 5.74) is 6.26. The maximum absolute atomic E-state index is 11.9. The molecule has 1 aromatic carbocycles. The SMILES string of the molecule is CCc1ccc(OCc2nnc(SC(C)C(=O)NC(N)=O)n2CC(C)C)cc1. The molecule has 9 heteroatoms. The topological polar surface area (TPSA) is 112 Å². The van der Waals surface area contributed by atoms with Crippen molar-refractivity contribution in [1.82, 2.24) is 20.1 Å². The first kappa shape index (κ1) is 21.7. The largest absolute Gasteiger partial charge is 0.486 e. The van der Waals surface area contributed by atoms with Gasteiger partial charge in [0.05, 0.1) is 5.25 Å². The number of nitrogens with zero attached hydrogens (tertiary/aromatic N) is 3. The standard InChI is InChI=1S/C19H27N5O3S/c1-5-14-6-8-15(9-7-14)27-11-16-22-23-19(24(16)10-12(2)3)28-13(4)17(25)21-18(20)26/h6-9,12-13H,5,10-11H2,1-4H3,(H3,20,21,25,26). The Hall–Kier alpha value is -2.55. The summed E-state index contributed by atoms with van der Waals surface area (Å²) in [6, 6.07) is 7.08. The number of hydrogen-bond donors (Lipinski definition) is 2. The molecule has 1 atom stereocenters. The molecule has 3 amide bonds. The van der Waals surface area contributed by atoms with Gasteiger partial charge in [0.25, 0.3) is 0 Å². The molecule has 0 radical (unpaired) electrons. The third-order valence-corrected chi connectivity index (χ3v) is 5.02. The molecule has 2 rings (SSSR count).